The van der Waals surface area contributed by atoms with Gasteiger partial charge in [-0.2, -0.15) is 0 Å². The van der Waals surface area contributed by atoms with Crippen LogP contribution in [0.2, 0.25) is 4.47 Å². The Morgan fingerprint density at radius 2 is 2.00 bits per heavy atom. The minimum atomic E-state index is -2.52. The topological polar surface area (TPSA) is 9.23 Å². The van der Waals surface area contributed by atoms with Gasteiger partial charge in [0.15, 0.2) is 0 Å². The summed E-state index contributed by atoms with van der Waals surface area (Å²) in [7, 11) is 6.46. The van der Waals surface area contributed by atoms with Crippen LogP contribution in [0.1, 0.15) is 6.42 Å². The van der Waals surface area contributed by atoms with Gasteiger partial charge < -0.3 is 0 Å². The Morgan fingerprint density at radius 3 is 2.58 bits per heavy atom. The molecular formula is C9H11ClOTe. The van der Waals surface area contributed by atoms with Crippen molar-refractivity contribution in [1.82, 2.24) is 0 Å². The molecule has 0 N–H and O–H groups in total. The van der Waals surface area contributed by atoms with Gasteiger partial charge in [-0.1, -0.05) is 0 Å². The van der Waals surface area contributed by atoms with E-state index in [1.54, 1.807) is 0 Å². The third-order valence-electron chi connectivity index (χ3n) is 1.92. The summed E-state index contributed by atoms with van der Waals surface area (Å²) >= 11 is -2.52. The van der Waals surface area contributed by atoms with Crippen molar-refractivity contribution < 1.29 is 3.10 Å². The Labute approximate surface area is 80.8 Å². The normalized spacial score (nSPS) is 34.4. The van der Waals surface area contributed by atoms with Gasteiger partial charge in [-0.05, 0) is 0 Å². The molecule has 12 heavy (non-hydrogen) atoms. The number of hydrogen-bond acceptors (Lipinski definition) is 1. The molecule has 1 unspecified atom stereocenters. The van der Waals surface area contributed by atoms with E-state index in [9.17, 15) is 0 Å². The number of rotatable bonds is 1. The van der Waals surface area contributed by atoms with Crippen molar-refractivity contribution in [2.45, 2.75) is 10.9 Å². The van der Waals surface area contributed by atoms with Gasteiger partial charge in [0.05, 0.1) is 0 Å². The summed E-state index contributed by atoms with van der Waals surface area (Å²) in [6.45, 7) is 0.861. The first-order valence-corrected chi connectivity index (χ1v) is 10.7. The minimum absolute atomic E-state index is 0.861. The van der Waals surface area contributed by atoms with Crippen LogP contribution in [0.5, 0.6) is 0 Å². The zero-order valence-electron chi connectivity index (χ0n) is 6.70. The molecule has 1 aromatic rings. The molecule has 1 aromatic carbocycles. The summed E-state index contributed by atoms with van der Waals surface area (Å²) in [5.74, 6) is 0. The van der Waals surface area contributed by atoms with Crippen LogP contribution < -0.4 is 3.61 Å². The summed E-state index contributed by atoms with van der Waals surface area (Å²) in [6.07, 6.45) is 1.14. The maximum atomic E-state index is 6.46. The summed E-state index contributed by atoms with van der Waals surface area (Å²) in [4.78, 5) is 0. The van der Waals surface area contributed by atoms with Crippen LogP contribution >= 0.6 is 8.96 Å². The second kappa shape index (κ2) is 3.55. The molecule has 1 saturated heterocycles. The fourth-order valence-electron chi connectivity index (χ4n) is 1.30. The average Bonchev–Trinajstić information content (AvgIpc) is 2.55. The van der Waals surface area contributed by atoms with Crippen LogP contribution in [0.3, 0.4) is 0 Å². The Balaban J connectivity index is 2.29. The molecule has 2 rings (SSSR count). The average molecular weight is 298 g/mol. The fraction of sp³-hybridized carbons (Fsp3) is 0.333. The van der Waals surface area contributed by atoms with E-state index >= 15 is 0 Å². The van der Waals surface area contributed by atoms with E-state index < -0.39 is 17.5 Å². The quantitative estimate of drug-likeness (QED) is 0.721. The monoisotopic (exact) mass is 300 g/mol. The van der Waals surface area contributed by atoms with Gasteiger partial charge in [-0.3, -0.25) is 0 Å². The molecule has 3 heteroatoms. The molecule has 0 amide bonds. The van der Waals surface area contributed by atoms with E-state index in [0.29, 0.717) is 0 Å². The third kappa shape index (κ3) is 1.63. The Hall–Kier alpha value is 0.260. The van der Waals surface area contributed by atoms with Crippen molar-refractivity contribution in [1.29, 1.82) is 0 Å². The fourth-order valence-corrected chi connectivity index (χ4v) is 8.64. The van der Waals surface area contributed by atoms with E-state index in [2.05, 4.69) is 12.1 Å². The molecule has 0 spiro atoms. The molecule has 0 aromatic heterocycles. The first-order valence-electron chi connectivity index (χ1n) is 4.01. The second-order valence-corrected chi connectivity index (χ2v) is 12.7. The van der Waals surface area contributed by atoms with Crippen LogP contribution in [0, 0.1) is 0 Å². The van der Waals surface area contributed by atoms with Crippen LogP contribution in [-0.2, 0) is 3.10 Å². The molecule has 1 aliphatic heterocycles. The summed E-state index contributed by atoms with van der Waals surface area (Å²) in [5.41, 5.74) is 0. The van der Waals surface area contributed by atoms with E-state index in [0.717, 1.165) is 17.5 Å². The predicted molar refractivity (Wildman–Crippen MR) is 53.1 cm³/mol. The molecular weight excluding hydrogens is 287 g/mol. The van der Waals surface area contributed by atoms with Crippen molar-refractivity contribution >= 4 is 30.0 Å². The number of halogens is 1. The van der Waals surface area contributed by atoms with Crippen molar-refractivity contribution in [2.75, 3.05) is 6.61 Å². The van der Waals surface area contributed by atoms with E-state index in [4.69, 9.17) is 12.1 Å². The number of hydrogen-bond donors (Lipinski definition) is 0. The van der Waals surface area contributed by atoms with Gasteiger partial charge in [-0.15, -0.1) is 0 Å². The Bertz CT molecular complexity index is 256. The van der Waals surface area contributed by atoms with Crippen molar-refractivity contribution in [2.24, 2.45) is 0 Å². The zero-order valence-corrected chi connectivity index (χ0v) is 9.79. The van der Waals surface area contributed by atoms with E-state index in [1.807, 2.05) is 18.2 Å². The third-order valence-corrected chi connectivity index (χ3v) is 11.4. The maximum absolute atomic E-state index is 6.46. The zero-order chi connectivity index (χ0) is 8.44. The molecule has 1 fully saturated rings. The second-order valence-electron chi connectivity index (χ2n) is 2.79. The van der Waals surface area contributed by atoms with E-state index in [1.165, 1.54) is 3.61 Å². The molecule has 1 nitrogen and oxygen atoms in total. The summed E-state index contributed by atoms with van der Waals surface area (Å²) in [6, 6.07) is 10.3. The first-order chi connectivity index (χ1) is 5.81. The molecule has 1 heterocycles. The predicted octanol–water partition coefficient (Wildman–Crippen LogP) is 1.99. The molecule has 1 aliphatic rings. The molecule has 1 atom stereocenters. The van der Waals surface area contributed by atoms with E-state index in [-0.39, 0.29) is 0 Å². The summed E-state index contributed by atoms with van der Waals surface area (Å²) < 4.78 is 8.05. The van der Waals surface area contributed by atoms with Gasteiger partial charge in [0.2, 0.25) is 0 Å². The SMILES string of the molecule is Cl[Te]1(c2ccccc2)CCCO1. The van der Waals surface area contributed by atoms with Gasteiger partial charge in [0.25, 0.3) is 0 Å². The molecule has 0 bridgehead atoms. The molecule has 0 saturated carbocycles. The van der Waals surface area contributed by atoms with Crippen LogP contribution in [0.25, 0.3) is 0 Å². The summed E-state index contributed by atoms with van der Waals surface area (Å²) in [5, 5.41) is 0. The molecule has 0 radical (unpaired) electrons. The Morgan fingerprint density at radius 1 is 1.25 bits per heavy atom. The van der Waals surface area contributed by atoms with Crippen molar-refractivity contribution in [3.05, 3.63) is 30.3 Å². The van der Waals surface area contributed by atoms with Crippen LogP contribution in [0.4, 0.5) is 0 Å². The van der Waals surface area contributed by atoms with Crippen LogP contribution in [-0.4, -0.2) is 24.1 Å². The van der Waals surface area contributed by atoms with Gasteiger partial charge in [0, 0.05) is 0 Å². The van der Waals surface area contributed by atoms with Crippen molar-refractivity contribution in [3.8, 4) is 0 Å². The van der Waals surface area contributed by atoms with Crippen LogP contribution in [0.15, 0.2) is 30.3 Å². The number of benzene rings is 1. The molecule has 66 valence electrons. The van der Waals surface area contributed by atoms with Gasteiger partial charge >= 0.3 is 81.0 Å². The molecule has 0 aliphatic carbocycles. The Kier molecular flexibility index (Phi) is 2.62. The van der Waals surface area contributed by atoms with Crippen molar-refractivity contribution in [3.63, 3.8) is 0 Å². The van der Waals surface area contributed by atoms with Gasteiger partial charge in [-0.25, -0.2) is 0 Å². The first kappa shape index (κ1) is 8.84. The standard InChI is InChI=1S/C9H11ClOTe/c10-12(8-4-7-11-12)9-5-2-1-3-6-9/h1-3,5-6H,4,7-8H2. The van der Waals surface area contributed by atoms with Gasteiger partial charge in [0.1, 0.15) is 0 Å².